The van der Waals surface area contributed by atoms with E-state index in [-0.39, 0.29) is 19.0 Å². The van der Waals surface area contributed by atoms with E-state index in [2.05, 4.69) is 11.8 Å². The Morgan fingerprint density at radius 2 is 2.05 bits per heavy atom. The second-order valence-electron chi connectivity index (χ2n) is 3.98. The van der Waals surface area contributed by atoms with Crippen molar-refractivity contribution in [2.75, 3.05) is 19.0 Å². The second-order valence-corrected chi connectivity index (χ2v) is 5.01. The van der Waals surface area contributed by atoms with Gasteiger partial charge in [-0.3, -0.25) is 0 Å². The summed E-state index contributed by atoms with van der Waals surface area (Å²) in [6.07, 6.45) is -0.383. The van der Waals surface area contributed by atoms with Gasteiger partial charge >= 0.3 is 0 Å². The molecule has 0 saturated heterocycles. The van der Waals surface area contributed by atoms with Gasteiger partial charge in [0, 0.05) is 23.5 Å². The van der Waals surface area contributed by atoms with E-state index in [0.29, 0.717) is 23.5 Å². The van der Waals surface area contributed by atoms with Gasteiger partial charge in [-0.15, -0.1) is 0 Å². The third kappa shape index (κ3) is 6.60. The molecule has 1 atom stereocenters. The standard InChI is InChI=1S/C14H17FO3S/c15-13-6-11(3-1-2-4-16)5-12(7-13)9-19-10-14(18)8-17/h5-7,14,16-18H,2,4,8-10H2. The fourth-order valence-electron chi connectivity index (χ4n) is 1.39. The molecule has 19 heavy (non-hydrogen) atoms. The monoisotopic (exact) mass is 284 g/mol. The molecule has 5 heteroatoms. The Morgan fingerprint density at radius 3 is 2.74 bits per heavy atom. The summed E-state index contributed by atoms with van der Waals surface area (Å²) in [5.74, 6) is 6.13. The molecule has 0 aliphatic heterocycles. The third-order valence-electron chi connectivity index (χ3n) is 2.22. The molecule has 1 rings (SSSR count). The Morgan fingerprint density at radius 1 is 1.26 bits per heavy atom. The minimum atomic E-state index is -0.748. The molecule has 0 aliphatic carbocycles. The van der Waals surface area contributed by atoms with Crippen LogP contribution in [0.15, 0.2) is 18.2 Å². The summed E-state index contributed by atoms with van der Waals surface area (Å²) in [6, 6.07) is 4.56. The molecule has 0 spiro atoms. The SMILES string of the molecule is OCCC#Cc1cc(F)cc(CSCC(O)CO)c1. The average Bonchev–Trinajstić information content (AvgIpc) is 2.38. The van der Waals surface area contributed by atoms with E-state index in [1.165, 1.54) is 23.9 Å². The normalized spacial score (nSPS) is 11.8. The van der Waals surface area contributed by atoms with Crippen LogP contribution in [-0.4, -0.2) is 40.4 Å². The van der Waals surface area contributed by atoms with Gasteiger partial charge in [-0.05, 0) is 23.8 Å². The number of hydrogen-bond donors (Lipinski definition) is 3. The Hall–Kier alpha value is -1.06. The van der Waals surface area contributed by atoms with E-state index in [1.807, 2.05) is 0 Å². The van der Waals surface area contributed by atoms with Crippen molar-refractivity contribution < 1.29 is 19.7 Å². The van der Waals surface area contributed by atoms with E-state index in [0.717, 1.165) is 5.56 Å². The van der Waals surface area contributed by atoms with Crippen molar-refractivity contribution in [2.45, 2.75) is 18.3 Å². The lowest BCUT2D eigenvalue weighted by molar-refractivity contribution is 0.113. The number of aliphatic hydroxyl groups excluding tert-OH is 3. The zero-order valence-electron chi connectivity index (χ0n) is 10.5. The van der Waals surface area contributed by atoms with Gasteiger partial charge in [-0.25, -0.2) is 4.39 Å². The van der Waals surface area contributed by atoms with Gasteiger partial charge in [0.1, 0.15) is 5.82 Å². The molecule has 0 radical (unpaired) electrons. The summed E-state index contributed by atoms with van der Waals surface area (Å²) >= 11 is 1.42. The fourth-order valence-corrected chi connectivity index (χ4v) is 2.29. The first-order valence-corrected chi connectivity index (χ1v) is 7.07. The molecule has 1 aromatic rings. The average molecular weight is 284 g/mol. The van der Waals surface area contributed by atoms with Crippen molar-refractivity contribution in [1.29, 1.82) is 0 Å². The van der Waals surface area contributed by atoms with Crippen LogP contribution in [-0.2, 0) is 5.75 Å². The number of benzene rings is 1. The molecule has 0 bridgehead atoms. The van der Waals surface area contributed by atoms with Crippen molar-refractivity contribution in [1.82, 2.24) is 0 Å². The van der Waals surface area contributed by atoms with Crippen LogP contribution in [0.1, 0.15) is 17.5 Å². The van der Waals surface area contributed by atoms with Crippen molar-refractivity contribution in [3.05, 3.63) is 35.1 Å². The van der Waals surface area contributed by atoms with Gasteiger partial charge in [-0.1, -0.05) is 11.8 Å². The molecule has 0 saturated carbocycles. The summed E-state index contributed by atoms with van der Waals surface area (Å²) in [7, 11) is 0. The first-order valence-electron chi connectivity index (χ1n) is 5.91. The molecular weight excluding hydrogens is 267 g/mol. The highest BCUT2D eigenvalue weighted by atomic mass is 32.2. The van der Waals surface area contributed by atoms with E-state index in [4.69, 9.17) is 10.2 Å². The fraction of sp³-hybridized carbons (Fsp3) is 0.429. The number of rotatable bonds is 6. The Labute approximate surface area is 116 Å². The topological polar surface area (TPSA) is 60.7 Å². The highest BCUT2D eigenvalue weighted by molar-refractivity contribution is 7.98. The molecule has 0 aromatic heterocycles. The lowest BCUT2D eigenvalue weighted by atomic mass is 10.1. The van der Waals surface area contributed by atoms with Gasteiger partial charge in [0.05, 0.1) is 19.3 Å². The molecule has 0 aliphatic rings. The summed E-state index contributed by atoms with van der Waals surface area (Å²) in [5, 5.41) is 26.5. The number of aliphatic hydroxyl groups is 3. The van der Waals surface area contributed by atoms with Crippen molar-refractivity contribution in [3.8, 4) is 11.8 Å². The van der Waals surface area contributed by atoms with Crippen LogP contribution in [0.3, 0.4) is 0 Å². The molecule has 3 N–H and O–H groups in total. The second kappa shape index (κ2) is 8.94. The van der Waals surface area contributed by atoms with Crippen LogP contribution in [0.2, 0.25) is 0 Å². The maximum absolute atomic E-state index is 13.4. The van der Waals surface area contributed by atoms with Crippen molar-refractivity contribution >= 4 is 11.8 Å². The number of hydrogen-bond acceptors (Lipinski definition) is 4. The summed E-state index contributed by atoms with van der Waals surface area (Å²) in [6.45, 7) is -0.280. The molecule has 1 aromatic carbocycles. The lowest BCUT2D eigenvalue weighted by Crippen LogP contribution is -2.14. The Kier molecular flexibility index (Phi) is 7.53. The summed E-state index contributed by atoms with van der Waals surface area (Å²) in [4.78, 5) is 0. The first kappa shape index (κ1) is 16.0. The lowest BCUT2D eigenvalue weighted by Gasteiger charge is -2.07. The van der Waals surface area contributed by atoms with Crippen LogP contribution in [0, 0.1) is 17.7 Å². The van der Waals surface area contributed by atoms with Gasteiger partial charge in [0.15, 0.2) is 0 Å². The van der Waals surface area contributed by atoms with Crippen LogP contribution in [0.5, 0.6) is 0 Å². The maximum Gasteiger partial charge on any atom is 0.124 e. The molecule has 3 nitrogen and oxygen atoms in total. The third-order valence-corrected chi connectivity index (χ3v) is 3.37. The summed E-state index contributed by atoms with van der Waals surface area (Å²) in [5.41, 5.74) is 1.36. The van der Waals surface area contributed by atoms with E-state index in [9.17, 15) is 9.50 Å². The predicted molar refractivity (Wildman–Crippen MR) is 74.2 cm³/mol. The minimum absolute atomic E-state index is 0.00985. The number of halogens is 1. The maximum atomic E-state index is 13.4. The molecule has 0 amide bonds. The largest absolute Gasteiger partial charge is 0.395 e. The smallest absolute Gasteiger partial charge is 0.124 e. The predicted octanol–water partition coefficient (Wildman–Crippen LogP) is 1.15. The number of thioether (sulfide) groups is 1. The van der Waals surface area contributed by atoms with Gasteiger partial charge in [0.25, 0.3) is 0 Å². The quantitative estimate of drug-likeness (QED) is 0.686. The zero-order chi connectivity index (χ0) is 14.1. The van der Waals surface area contributed by atoms with E-state index < -0.39 is 6.10 Å². The van der Waals surface area contributed by atoms with Crippen LogP contribution >= 0.6 is 11.8 Å². The molecule has 0 heterocycles. The van der Waals surface area contributed by atoms with Crippen LogP contribution < -0.4 is 0 Å². The van der Waals surface area contributed by atoms with E-state index >= 15 is 0 Å². The van der Waals surface area contributed by atoms with E-state index in [1.54, 1.807) is 6.07 Å². The van der Waals surface area contributed by atoms with Gasteiger partial charge < -0.3 is 15.3 Å². The molecule has 0 fully saturated rings. The van der Waals surface area contributed by atoms with Crippen LogP contribution in [0.25, 0.3) is 0 Å². The first-order chi connectivity index (χ1) is 9.15. The highest BCUT2D eigenvalue weighted by Crippen LogP contribution is 2.16. The van der Waals surface area contributed by atoms with Gasteiger partial charge in [-0.2, -0.15) is 11.8 Å². The molecule has 1 unspecified atom stereocenters. The van der Waals surface area contributed by atoms with Gasteiger partial charge in [0.2, 0.25) is 0 Å². The minimum Gasteiger partial charge on any atom is -0.395 e. The van der Waals surface area contributed by atoms with Crippen molar-refractivity contribution in [3.63, 3.8) is 0 Å². The molecule has 104 valence electrons. The van der Waals surface area contributed by atoms with Crippen molar-refractivity contribution in [2.24, 2.45) is 0 Å². The molecular formula is C14H17FO3S. The highest BCUT2D eigenvalue weighted by Gasteiger charge is 2.04. The Bertz CT molecular complexity index is 454. The Balaban J connectivity index is 2.61. The summed E-state index contributed by atoms with van der Waals surface area (Å²) < 4.78 is 13.4. The van der Waals surface area contributed by atoms with Crippen LogP contribution in [0.4, 0.5) is 4.39 Å². The zero-order valence-corrected chi connectivity index (χ0v) is 11.3.